The number of amides is 2. The second-order valence-electron chi connectivity index (χ2n) is 7.67. The first-order valence-corrected chi connectivity index (χ1v) is 13.2. The van der Waals surface area contributed by atoms with Crippen LogP contribution in [-0.2, 0) is 30.7 Å². The molecule has 35 heavy (non-hydrogen) atoms. The Hall–Kier alpha value is -3.13. The van der Waals surface area contributed by atoms with Crippen molar-refractivity contribution in [2.45, 2.75) is 43.5 Å². The molecular weight excluding hydrogens is 512 g/mol. The van der Waals surface area contributed by atoms with E-state index in [9.17, 15) is 26.8 Å². The Bertz CT molecular complexity index is 1310. The first-order chi connectivity index (χ1) is 16.3. The highest BCUT2D eigenvalue weighted by Gasteiger charge is 2.20. The van der Waals surface area contributed by atoms with Gasteiger partial charge in [0.15, 0.2) is 5.11 Å². The molecule has 10 nitrogen and oxygen atoms in total. The number of nitrogens with one attached hydrogen (secondary N) is 4. The van der Waals surface area contributed by atoms with Crippen molar-refractivity contribution in [2.75, 3.05) is 10.6 Å². The van der Waals surface area contributed by atoms with Crippen molar-refractivity contribution >= 4 is 73.8 Å². The van der Waals surface area contributed by atoms with Crippen LogP contribution in [0.2, 0.25) is 0 Å². The zero-order chi connectivity index (χ0) is 26.3. The quantitative estimate of drug-likeness (QED) is 0.226. The third-order valence-electron chi connectivity index (χ3n) is 4.21. The van der Waals surface area contributed by atoms with Gasteiger partial charge in [0, 0.05) is 36.2 Å². The lowest BCUT2D eigenvalue weighted by Gasteiger charge is -2.15. The molecule has 0 spiro atoms. The van der Waals surface area contributed by atoms with Gasteiger partial charge in [0.25, 0.3) is 10.0 Å². The number of rotatable bonds is 8. The fourth-order valence-corrected chi connectivity index (χ4v) is 5.06. The van der Waals surface area contributed by atoms with Gasteiger partial charge in [-0.1, -0.05) is 24.3 Å². The predicted octanol–water partition coefficient (Wildman–Crippen LogP) is 2.57. The van der Waals surface area contributed by atoms with E-state index in [4.69, 9.17) is 12.2 Å². The molecule has 2 aromatic carbocycles. The summed E-state index contributed by atoms with van der Waals surface area (Å²) in [6.07, 6.45) is 2.83. The summed E-state index contributed by atoms with van der Waals surface area (Å²) in [5, 5.41) is 8.66. The number of thiocarbonyl (C=S) groups is 1. The largest absolute Gasteiger partial charge is 0.768 e. The Morgan fingerprint density at radius 1 is 0.971 bits per heavy atom. The first kappa shape index (κ1) is 28.1. The summed E-state index contributed by atoms with van der Waals surface area (Å²) in [5.41, 5.74) is 1.12. The van der Waals surface area contributed by atoms with Gasteiger partial charge in [-0.25, -0.2) is 13.1 Å². The molecule has 0 aliphatic rings. The van der Waals surface area contributed by atoms with E-state index in [1.807, 2.05) is 18.6 Å². The van der Waals surface area contributed by atoms with Gasteiger partial charge in [0.05, 0.1) is 4.90 Å². The van der Waals surface area contributed by atoms with E-state index in [0.29, 0.717) is 11.4 Å². The van der Waals surface area contributed by atoms with Crippen LogP contribution >= 0.6 is 12.2 Å². The van der Waals surface area contributed by atoms with E-state index in [0.717, 1.165) is 6.92 Å². The minimum atomic E-state index is -4.25. The van der Waals surface area contributed by atoms with Gasteiger partial charge >= 0.3 is 0 Å². The van der Waals surface area contributed by atoms with E-state index in [1.54, 1.807) is 6.07 Å². The fourth-order valence-electron chi connectivity index (χ4n) is 2.93. The molecule has 0 heterocycles. The highest BCUT2D eigenvalue weighted by Crippen LogP contribution is 2.25. The number of benzene rings is 2. The zero-order valence-electron chi connectivity index (χ0n) is 19.4. The maximum absolute atomic E-state index is 12.8. The number of carbonyl (C=O) groups excluding carboxylic acids is 2. The minimum absolute atomic E-state index is 0.0533. The molecule has 0 fully saturated rings. The third-order valence-corrected chi connectivity index (χ3v) is 6.64. The topological polar surface area (TPSA) is 157 Å². The molecule has 13 heteroatoms. The number of hydrogen-bond donors (Lipinski definition) is 4. The Morgan fingerprint density at radius 2 is 1.54 bits per heavy atom. The summed E-state index contributed by atoms with van der Waals surface area (Å²) < 4.78 is 51.0. The van der Waals surface area contributed by atoms with Crippen molar-refractivity contribution in [3.63, 3.8) is 0 Å². The van der Waals surface area contributed by atoms with Crippen LogP contribution in [0.5, 0.6) is 0 Å². The van der Waals surface area contributed by atoms with Gasteiger partial charge < -0.3 is 20.5 Å². The molecule has 0 saturated heterocycles. The molecule has 2 amide bonds. The average Bonchev–Trinajstić information content (AvgIpc) is 2.71. The second-order valence-corrected chi connectivity index (χ2v) is 10.6. The SMILES string of the molecule is CC(=O)Nc1ccc(/C=C/c2ccc(NC(=S)NC(C)C)cc2S(=O)(=O)NC(C)=O)c(S(=O)[O-])c1. The van der Waals surface area contributed by atoms with Crippen LogP contribution in [0.25, 0.3) is 12.2 Å². The normalized spacial score (nSPS) is 12.3. The Balaban J connectivity index is 2.52. The molecule has 1 unspecified atom stereocenters. The lowest BCUT2D eigenvalue weighted by Crippen LogP contribution is -2.34. The summed E-state index contributed by atoms with van der Waals surface area (Å²) >= 11 is 2.57. The summed E-state index contributed by atoms with van der Waals surface area (Å²) in [6.45, 7) is 6.15. The van der Waals surface area contributed by atoms with Gasteiger partial charge in [-0.3, -0.25) is 13.8 Å². The van der Waals surface area contributed by atoms with Crippen molar-refractivity contribution in [2.24, 2.45) is 0 Å². The zero-order valence-corrected chi connectivity index (χ0v) is 21.8. The maximum atomic E-state index is 12.8. The maximum Gasteiger partial charge on any atom is 0.264 e. The summed E-state index contributed by atoms with van der Waals surface area (Å²) in [7, 11) is -4.25. The van der Waals surface area contributed by atoms with Crippen LogP contribution < -0.4 is 20.7 Å². The molecule has 2 aromatic rings. The monoisotopic (exact) mass is 537 g/mol. The Labute approximate surface area is 211 Å². The number of anilines is 2. The van der Waals surface area contributed by atoms with Crippen molar-refractivity contribution in [3.05, 3.63) is 47.5 Å². The van der Waals surface area contributed by atoms with Crippen molar-refractivity contribution in [1.82, 2.24) is 10.0 Å². The third kappa shape index (κ3) is 8.55. The molecule has 0 aliphatic heterocycles. The van der Waals surface area contributed by atoms with Crippen molar-refractivity contribution in [3.8, 4) is 0 Å². The van der Waals surface area contributed by atoms with E-state index in [2.05, 4.69) is 16.0 Å². The molecule has 1 atom stereocenters. The summed E-state index contributed by atoms with van der Waals surface area (Å²) in [6, 6.07) is 8.72. The molecule has 0 radical (unpaired) electrons. The standard InChI is InChI=1S/C22H26N4O6S3/c1-13(2)23-22(33)25-19-10-8-17(21(12-19)35(31,32)26-15(4)28)6-5-16-7-9-18(24-14(3)27)11-20(16)34(29)30/h5-13H,1-4H3,(H,24,27)(H,26,28)(H,29,30)(H2,23,25,33)/p-1/b6-5+. The van der Waals surface area contributed by atoms with Crippen molar-refractivity contribution < 1.29 is 26.8 Å². The first-order valence-electron chi connectivity index (χ1n) is 10.2. The molecule has 188 valence electrons. The van der Waals surface area contributed by atoms with E-state index in [1.165, 1.54) is 49.4 Å². The Morgan fingerprint density at radius 3 is 2.09 bits per heavy atom. The molecule has 0 aromatic heterocycles. The van der Waals surface area contributed by atoms with Crippen LogP contribution in [0.1, 0.15) is 38.8 Å². The molecule has 4 N–H and O–H groups in total. The van der Waals surface area contributed by atoms with Crippen LogP contribution in [-0.4, -0.2) is 40.1 Å². The molecule has 0 saturated carbocycles. The minimum Gasteiger partial charge on any atom is -0.768 e. The number of sulfonamides is 1. The lowest BCUT2D eigenvalue weighted by molar-refractivity contribution is -0.117. The molecular formula is C22H25N4O6S3-. The van der Waals surface area contributed by atoms with Crippen LogP contribution in [0.4, 0.5) is 11.4 Å². The van der Waals surface area contributed by atoms with Crippen LogP contribution in [0, 0.1) is 0 Å². The van der Waals surface area contributed by atoms with Crippen LogP contribution in [0.15, 0.2) is 46.2 Å². The Kier molecular flexibility index (Phi) is 9.65. The molecule has 2 rings (SSSR count). The van der Waals surface area contributed by atoms with Gasteiger partial charge in [0.1, 0.15) is 0 Å². The predicted molar refractivity (Wildman–Crippen MR) is 139 cm³/mol. The number of carbonyl (C=O) groups is 2. The molecule has 0 aliphatic carbocycles. The summed E-state index contributed by atoms with van der Waals surface area (Å²) in [4.78, 5) is 22.4. The van der Waals surface area contributed by atoms with Crippen LogP contribution in [0.3, 0.4) is 0 Å². The highest BCUT2D eigenvalue weighted by atomic mass is 32.2. The summed E-state index contributed by atoms with van der Waals surface area (Å²) in [5.74, 6) is -1.13. The average molecular weight is 538 g/mol. The highest BCUT2D eigenvalue weighted by molar-refractivity contribution is 7.90. The fraction of sp³-hybridized carbons (Fsp3) is 0.227. The van der Waals surface area contributed by atoms with E-state index >= 15 is 0 Å². The number of hydrogen-bond acceptors (Lipinski definition) is 7. The van der Waals surface area contributed by atoms with E-state index in [-0.39, 0.29) is 38.0 Å². The van der Waals surface area contributed by atoms with Gasteiger partial charge in [-0.2, -0.15) is 0 Å². The van der Waals surface area contributed by atoms with E-state index < -0.39 is 27.0 Å². The second kappa shape index (κ2) is 12.0. The smallest absolute Gasteiger partial charge is 0.264 e. The van der Waals surface area contributed by atoms with Gasteiger partial charge in [0.2, 0.25) is 11.8 Å². The van der Waals surface area contributed by atoms with Gasteiger partial charge in [-0.05, 0) is 72.5 Å². The van der Waals surface area contributed by atoms with Gasteiger partial charge in [-0.15, -0.1) is 0 Å². The molecule has 0 bridgehead atoms. The van der Waals surface area contributed by atoms with Crippen molar-refractivity contribution in [1.29, 1.82) is 0 Å². The lowest BCUT2D eigenvalue weighted by atomic mass is 10.1.